The molecule has 0 aliphatic heterocycles. The van der Waals surface area contributed by atoms with Crippen molar-refractivity contribution >= 4 is 39.5 Å². The van der Waals surface area contributed by atoms with Crippen LogP contribution in [0.5, 0.6) is 11.5 Å². The highest BCUT2D eigenvalue weighted by atomic mass is 16.6. The van der Waals surface area contributed by atoms with E-state index >= 15 is 0 Å². The molecule has 3 rings (SSSR count). The minimum atomic E-state index is -1.08. The van der Waals surface area contributed by atoms with Crippen molar-refractivity contribution in [2.24, 2.45) is 0 Å². The Balaban J connectivity index is 2.06. The van der Waals surface area contributed by atoms with Crippen molar-refractivity contribution in [3.8, 4) is 11.5 Å². The van der Waals surface area contributed by atoms with Crippen LogP contribution in [0.25, 0.3) is 21.5 Å². The van der Waals surface area contributed by atoms with Gasteiger partial charge in [0.25, 0.3) is 0 Å². The maximum atomic E-state index is 12.0. The number of unbranched alkanes of at least 4 members (excludes halogenated alkanes) is 4. The first kappa shape index (κ1) is 33.2. The van der Waals surface area contributed by atoms with Crippen molar-refractivity contribution < 1.29 is 38.4 Å². The van der Waals surface area contributed by atoms with Crippen LogP contribution in [0.4, 0.5) is 0 Å². The molecule has 0 bridgehead atoms. The lowest BCUT2D eigenvalue weighted by atomic mass is 9.98. The summed E-state index contributed by atoms with van der Waals surface area (Å²) < 4.78 is 23.9. The number of esters is 2. The van der Waals surface area contributed by atoms with Crippen LogP contribution in [-0.2, 0) is 19.1 Å². The van der Waals surface area contributed by atoms with Gasteiger partial charge in [0, 0.05) is 33.7 Å². The topological polar surface area (TPSA) is 108 Å². The third-order valence-corrected chi connectivity index (χ3v) is 7.16. The molecule has 3 aromatic carbocycles. The molecule has 230 valence electrons. The van der Waals surface area contributed by atoms with Crippen molar-refractivity contribution in [2.45, 2.75) is 77.4 Å². The standard InChI is InChI=1S/C35H42O8/c1-5-9-11-15-25(42-31(36)7-3)22-40-33-27-17-13-14-18-28(27)34(30-21-24(35(38)39)19-20-29(30)33)41-23-26(16-12-10-6-2)43-32(37)8-4/h7-8,13-14,17-21,25-26H,3-6,9-12,15-16,22-23H2,1-2H3,(H,38,39). The zero-order chi connectivity index (χ0) is 31.2. The molecule has 0 amide bonds. The molecule has 0 aromatic heterocycles. The molecule has 3 aromatic rings. The summed E-state index contributed by atoms with van der Waals surface area (Å²) in [4.78, 5) is 36.0. The van der Waals surface area contributed by atoms with Crippen LogP contribution < -0.4 is 9.47 Å². The number of carbonyl (C=O) groups excluding carboxylic acids is 2. The van der Waals surface area contributed by atoms with Crippen molar-refractivity contribution in [1.82, 2.24) is 0 Å². The van der Waals surface area contributed by atoms with E-state index in [2.05, 4.69) is 27.0 Å². The molecule has 0 radical (unpaired) electrons. The van der Waals surface area contributed by atoms with Crippen LogP contribution in [-0.4, -0.2) is 48.4 Å². The summed E-state index contributed by atoms with van der Waals surface area (Å²) in [6.45, 7) is 11.4. The Morgan fingerprint density at radius 3 is 1.63 bits per heavy atom. The molecule has 2 unspecified atom stereocenters. The van der Waals surface area contributed by atoms with Gasteiger partial charge >= 0.3 is 17.9 Å². The van der Waals surface area contributed by atoms with Gasteiger partial charge in [-0.2, -0.15) is 0 Å². The van der Waals surface area contributed by atoms with Crippen LogP contribution in [0.3, 0.4) is 0 Å². The molecule has 0 fully saturated rings. The minimum absolute atomic E-state index is 0.0803. The van der Waals surface area contributed by atoms with Gasteiger partial charge in [0.2, 0.25) is 0 Å². The van der Waals surface area contributed by atoms with E-state index < -0.39 is 30.1 Å². The molecule has 43 heavy (non-hydrogen) atoms. The number of hydrogen-bond donors (Lipinski definition) is 1. The molecule has 1 N–H and O–H groups in total. The van der Waals surface area contributed by atoms with E-state index in [9.17, 15) is 19.5 Å². The van der Waals surface area contributed by atoms with E-state index in [1.165, 1.54) is 6.07 Å². The number of benzene rings is 3. The highest BCUT2D eigenvalue weighted by Gasteiger charge is 2.22. The second-order valence-electron chi connectivity index (χ2n) is 10.4. The van der Waals surface area contributed by atoms with Crippen molar-refractivity contribution in [3.63, 3.8) is 0 Å². The molecule has 0 saturated carbocycles. The Labute approximate surface area is 253 Å². The Kier molecular flexibility index (Phi) is 13.1. The molecule has 0 spiro atoms. The van der Waals surface area contributed by atoms with Crippen LogP contribution in [0.2, 0.25) is 0 Å². The first-order valence-electron chi connectivity index (χ1n) is 15.0. The van der Waals surface area contributed by atoms with E-state index in [1.807, 2.05) is 24.3 Å². The number of carboxylic acid groups (broad SMARTS) is 1. The number of carboxylic acids is 1. The Bertz CT molecular complexity index is 1430. The third kappa shape index (κ3) is 9.33. The normalized spacial score (nSPS) is 12.3. The Hall–Kier alpha value is -4.33. The fraction of sp³-hybridized carbons (Fsp3) is 0.400. The first-order chi connectivity index (χ1) is 20.8. The fourth-order valence-electron chi connectivity index (χ4n) is 4.92. The number of carbonyl (C=O) groups is 3. The van der Waals surface area contributed by atoms with E-state index in [4.69, 9.17) is 18.9 Å². The Morgan fingerprint density at radius 2 is 1.19 bits per heavy atom. The largest absolute Gasteiger partial charge is 0.488 e. The zero-order valence-electron chi connectivity index (χ0n) is 25.1. The van der Waals surface area contributed by atoms with E-state index in [1.54, 1.807) is 12.1 Å². The van der Waals surface area contributed by atoms with Gasteiger partial charge < -0.3 is 24.1 Å². The first-order valence-corrected chi connectivity index (χ1v) is 15.0. The second-order valence-corrected chi connectivity index (χ2v) is 10.4. The average Bonchev–Trinajstić information content (AvgIpc) is 3.01. The number of rotatable bonds is 19. The van der Waals surface area contributed by atoms with E-state index in [0.717, 1.165) is 56.1 Å². The monoisotopic (exact) mass is 590 g/mol. The molecule has 0 aliphatic rings. The maximum absolute atomic E-state index is 12.0. The fourth-order valence-corrected chi connectivity index (χ4v) is 4.92. The lowest BCUT2D eigenvalue weighted by molar-refractivity contribution is -0.145. The van der Waals surface area contributed by atoms with E-state index in [0.29, 0.717) is 40.5 Å². The third-order valence-electron chi connectivity index (χ3n) is 7.16. The van der Waals surface area contributed by atoms with Gasteiger partial charge in [0.1, 0.15) is 36.9 Å². The summed E-state index contributed by atoms with van der Waals surface area (Å²) >= 11 is 0. The molecular formula is C35H42O8. The lowest BCUT2D eigenvalue weighted by Gasteiger charge is -2.23. The molecule has 8 nitrogen and oxygen atoms in total. The average molecular weight is 591 g/mol. The van der Waals surface area contributed by atoms with Gasteiger partial charge in [-0.25, -0.2) is 14.4 Å². The predicted molar refractivity (Wildman–Crippen MR) is 168 cm³/mol. The van der Waals surface area contributed by atoms with Gasteiger partial charge in [-0.1, -0.05) is 77.0 Å². The number of fused-ring (bicyclic) bond motifs is 2. The highest BCUT2D eigenvalue weighted by Crippen LogP contribution is 2.43. The number of aromatic carboxylic acids is 1. The number of hydrogen-bond acceptors (Lipinski definition) is 7. The lowest BCUT2D eigenvalue weighted by Crippen LogP contribution is -2.25. The molecule has 8 heteroatoms. The summed E-state index contributed by atoms with van der Waals surface area (Å²) in [7, 11) is 0. The van der Waals surface area contributed by atoms with Gasteiger partial charge in [-0.15, -0.1) is 0 Å². The summed E-state index contributed by atoms with van der Waals surface area (Å²) in [6.07, 6.45) is 8.30. The van der Waals surface area contributed by atoms with Gasteiger partial charge in [-0.05, 0) is 43.9 Å². The van der Waals surface area contributed by atoms with E-state index in [-0.39, 0.29) is 18.8 Å². The molecule has 0 saturated heterocycles. The van der Waals surface area contributed by atoms with Crippen LogP contribution in [0.15, 0.2) is 67.8 Å². The quantitative estimate of drug-likeness (QED) is 0.0652. The molecular weight excluding hydrogens is 548 g/mol. The van der Waals surface area contributed by atoms with Crippen molar-refractivity contribution in [1.29, 1.82) is 0 Å². The summed E-state index contributed by atoms with van der Waals surface area (Å²) in [5.41, 5.74) is 0.0912. The highest BCUT2D eigenvalue weighted by molar-refractivity contribution is 6.12. The molecule has 0 aliphatic carbocycles. The molecule has 2 atom stereocenters. The predicted octanol–water partition coefficient (Wildman–Crippen LogP) is 7.81. The van der Waals surface area contributed by atoms with Crippen LogP contribution in [0, 0.1) is 0 Å². The minimum Gasteiger partial charge on any atom is -0.488 e. The second kappa shape index (κ2) is 16.9. The number of ether oxygens (including phenoxy) is 4. The van der Waals surface area contributed by atoms with Crippen molar-refractivity contribution in [3.05, 3.63) is 73.3 Å². The summed E-state index contributed by atoms with van der Waals surface area (Å²) in [5, 5.41) is 12.4. The molecule has 0 heterocycles. The SMILES string of the molecule is C=CC(=O)OC(CCCCC)COc1c2ccccc2c(OCC(CCCCC)OC(=O)C=C)c2cc(C(=O)O)ccc12. The van der Waals surface area contributed by atoms with Gasteiger partial charge in [0.05, 0.1) is 5.56 Å². The van der Waals surface area contributed by atoms with Crippen molar-refractivity contribution in [2.75, 3.05) is 13.2 Å². The summed E-state index contributed by atoms with van der Waals surface area (Å²) in [6, 6.07) is 12.3. The van der Waals surface area contributed by atoms with Crippen LogP contribution >= 0.6 is 0 Å². The summed E-state index contributed by atoms with van der Waals surface area (Å²) in [5.74, 6) is -1.12. The van der Waals surface area contributed by atoms with Crippen LogP contribution in [0.1, 0.15) is 75.6 Å². The van der Waals surface area contributed by atoms with Gasteiger partial charge in [0.15, 0.2) is 0 Å². The van der Waals surface area contributed by atoms with Gasteiger partial charge in [-0.3, -0.25) is 0 Å². The maximum Gasteiger partial charge on any atom is 0.335 e. The Morgan fingerprint density at radius 1 is 0.721 bits per heavy atom. The smallest absolute Gasteiger partial charge is 0.335 e. The zero-order valence-corrected chi connectivity index (χ0v) is 25.1.